The topological polar surface area (TPSA) is 33.0 Å². The van der Waals surface area contributed by atoms with Crippen LogP contribution in [0, 0.1) is 17.2 Å². The Labute approximate surface area is 87.3 Å². The van der Waals surface area contributed by atoms with Crippen LogP contribution >= 0.6 is 0 Å². The lowest BCUT2D eigenvalue weighted by Gasteiger charge is -2.19. The molecule has 0 radical (unpaired) electrons. The lowest BCUT2D eigenvalue weighted by molar-refractivity contribution is 0.0217. The average molecular weight is 195 g/mol. The van der Waals surface area contributed by atoms with Gasteiger partial charge in [-0.2, -0.15) is 5.26 Å². The van der Waals surface area contributed by atoms with E-state index in [-0.39, 0.29) is 12.0 Å². The molecular weight excluding hydrogens is 174 g/mol. The number of rotatable bonds is 4. The highest BCUT2D eigenvalue weighted by molar-refractivity contribution is 4.90. The highest BCUT2D eigenvalue weighted by atomic mass is 16.5. The van der Waals surface area contributed by atoms with Crippen molar-refractivity contribution in [1.82, 2.24) is 0 Å². The van der Waals surface area contributed by atoms with Crippen LogP contribution < -0.4 is 0 Å². The molecule has 0 amide bonds. The van der Waals surface area contributed by atoms with Crippen LogP contribution in [-0.4, -0.2) is 12.7 Å². The first kappa shape index (κ1) is 11.5. The van der Waals surface area contributed by atoms with Crippen molar-refractivity contribution in [2.45, 2.75) is 58.0 Å². The fourth-order valence-corrected chi connectivity index (χ4v) is 2.00. The summed E-state index contributed by atoms with van der Waals surface area (Å²) in [6.07, 6.45) is 8.33. The summed E-state index contributed by atoms with van der Waals surface area (Å²) in [6.45, 7) is 3.00. The first-order chi connectivity index (χ1) is 6.88. The number of nitrogens with zero attached hydrogens (tertiary/aromatic N) is 1. The molecule has 2 atom stereocenters. The zero-order valence-corrected chi connectivity index (χ0v) is 9.17. The molecule has 2 nitrogen and oxygen atoms in total. The molecule has 80 valence electrons. The van der Waals surface area contributed by atoms with Crippen molar-refractivity contribution in [3.63, 3.8) is 0 Å². The Morgan fingerprint density at radius 2 is 2.07 bits per heavy atom. The molecule has 0 aromatic carbocycles. The Morgan fingerprint density at radius 1 is 1.29 bits per heavy atom. The molecule has 1 aliphatic rings. The van der Waals surface area contributed by atoms with Gasteiger partial charge in [0.15, 0.2) is 0 Å². The molecule has 2 heteroatoms. The SMILES string of the molecule is CCCCOC1CCCCCC1C#N. The lowest BCUT2D eigenvalue weighted by Crippen LogP contribution is -2.22. The molecule has 1 fully saturated rings. The third-order valence-corrected chi connectivity index (χ3v) is 2.95. The smallest absolute Gasteiger partial charge is 0.0733 e. The van der Waals surface area contributed by atoms with Crippen molar-refractivity contribution in [3.8, 4) is 6.07 Å². The van der Waals surface area contributed by atoms with E-state index in [4.69, 9.17) is 10.00 Å². The molecule has 14 heavy (non-hydrogen) atoms. The Morgan fingerprint density at radius 3 is 2.79 bits per heavy atom. The van der Waals surface area contributed by atoms with Crippen molar-refractivity contribution >= 4 is 0 Å². The summed E-state index contributed by atoms with van der Waals surface area (Å²) in [6, 6.07) is 2.40. The standard InChI is InChI=1S/C12H21NO/c1-2-3-9-14-12-8-6-4-5-7-11(12)10-13/h11-12H,2-9H2,1H3. The predicted octanol–water partition coefficient (Wildman–Crippen LogP) is 3.28. The van der Waals surface area contributed by atoms with Crippen molar-refractivity contribution in [1.29, 1.82) is 5.26 Å². The Bertz CT molecular complexity index is 185. The molecule has 0 spiro atoms. The van der Waals surface area contributed by atoms with Gasteiger partial charge < -0.3 is 4.74 Å². The zero-order chi connectivity index (χ0) is 10.2. The van der Waals surface area contributed by atoms with Gasteiger partial charge in [-0.3, -0.25) is 0 Å². The number of hydrogen-bond acceptors (Lipinski definition) is 2. The number of hydrogen-bond donors (Lipinski definition) is 0. The molecule has 0 aromatic rings. The fraction of sp³-hybridized carbons (Fsp3) is 0.917. The first-order valence-electron chi connectivity index (χ1n) is 5.89. The summed E-state index contributed by atoms with van der Waals surface area (Å²) in [5, 5.41) is 9.01. The second-order valence-corrected chi connectivity index (χ2v) is 4.14. The highest BCUT2D eigenvalue weighted by Crippen LogP contribution is 2.25. The quantitative estimate of drug-likeness (QED) is 0.509. The van der Waals surface area contributed by atoms with Crippen molar-refractivity contribution in [2.24, 2.45) is 5.92 Å². The molecule has 2 unspecified atom stereocenters. The summed E-state index contributed by atoms with van der Waals surface area (Å²) >= 11 is 0. The normalized spacial score (nSPS) is 28.0. The van der Waals surface area contributed by atoms with Crippen LogP contribution in [0.3, 0.4) is 0 Å². The summed E-state index contributed by atoms with van der Waals surface area (Å²) < 4.78 is 5.78. The summed E-state index contributed by atoms with van der Waals surface area (Å²) in [4.78, 5) is 0. The van der Waals surface area contributed by atoms with Gasteiger partial charge in [0.05, 0.1) is 18.1 Å². The van der Waals surface area contributed by atoms with E-state index in [1.807, 2.05) is 0 Å². The van der Waals surface area contributed by atoms with Gasteiger partial charge in [0.1, 0.15) is 0 Å². The number of ether oxygens (including phenoxy) is 1. The van der Waals surface area contributed by atoms with E-state index in [1.54, 1.807) is 0 Å². The molecule has 0 saturated heterocycles. The van der Waals surface area contributed by atoms with Gasteiger partial charge in [0.25, 0.3) is 0 Å². The van der Waals surface area contributed by atoms with Crippen LogP contribution in [0.25, 0.3) is 0 Å². The third kappa shape index (κ3) is 3.67. The Kier molecular flexibility index (Phi) is 5.63. The van der Waals surface area contributed by atoms with Gasteiger partial charge in [-0.15, -0.1) is 0 Å². The summed E-state index contributed by atoms with van der Waals surface area (Å²) in [5.41, 5.74) is 0. The molecule has 0 bridgehead atoms. The molecular formula is C12H21NO. The van der Waals surface area contributed by atoms with Gasteiger partial charge in [-0.1, -0.05) is 32.6 Å². The minimum Gasteiger partial charge on any atom is -0.377 e. The lowest BCUT2D eigenvalue weighted by atomic mass is 9.99. The van der Waals surface area contributed by atoms with Gasteiger partial charge in [0, 0.05) is 6.61 Å². The maximum atomic E-state index is 9.01. The monoisotopic (exact) mass is 195 g/mol. The van der Waals surface area contributed by atoms with Crippen molar-refractivity contribution in [3.05, 3.63) is 0 Å². The van der Waals surface area contributed by atoms with E-state index in [2.05, 4.69) is 13.0 Å². The highest BCUT2D eigenvalue weighted by Gasteiger charge is 2.23. The molecule has 0 aliphatic heterocycles. The van der Waals surface area contributed by atoms with Gasteiger partial charge in [-0.25, -0.2) is 0 Å². The van der Waals surface area contributed by atoms with Crippen LogP contribution in [0.1, 0.15) is 51.9 Å². The second kappa shape index (κ2) is 6.84. The zero-order valence-electron chi connectivity index (χ0n) is 9.17. The van der Waals surface area contributed by atoms with E-state index < -0.39 is 0 Å². The molecule has 0 aromatic heterocycles. The van der Waals surface area contributed by atoms with Crippen LogP contribution in [0.15, 0.2) is 0 Å². The van der Waals surface area contributed by atoms with E-state index >= 15 is 0 Å². The van der Waals surface area contributed by atoms with E-state index in [0.29, 0.717) is 0 Å². The average Bonchev–Trinajstić information content (AvgIpc) is 2.43. The number of nitriles is 1. The van der Waals surface area contributed by atoms with Crippen LogP contribution in [0.2, 0.25) is 0 Å². The molecule has 0 N–H and O–H groups in total. The van der Waals surface area contributed by atoms with E-state index in [9.17, 15) is 0 Å². The van der Waals surface area contributed by atoms with Crippen molar-refractivity contribution < 1.29 is 4.74 Å². The fourth-order valence-electron chi connectivity index (χ4n) is 2.00. The maximum Gasteiger partial charge on any atom is 0.0733 e. The first-order valence-corrected chi connectivity index (χ1v) is 5.89. The molecule has 1 saturated carbocycles. The minimum atomic E-state index is 0.148. The molecule has 1 aliphatic carbocycles. The molecule has 1 rings (SSSR count). The maximum absolute atomic E-state index is 9.01. The van der Waals surface area contributed by atoms with Crippen molar-refractivity contribution in [2.75, 3.05) is 6.61 Å². The molecule has 0 heterocycles. The predicted molar refractivity (Wildman–Crippen MR) is 56.8 cm³/mol. The largest absolute Gasteiger partial charge is 0.377 e. The number of unbranched alkanes of at least 4 members (excludes halogenated alkanes) is 1. The van der Waals surface area contributed by atoms with Gasteiger partial charge in [-0.05, 0) is 19.3 Å². The summed E-state index contributed by atoms with van der Waals surface area (Å²) in [5.74, 6) is 0.148. The van der Waals surface area contributed by atoms with Gasteiger partial charge in [0.2, 0.25) is 0 Å². The van der Waals surface area contributed by atoms with Crippen LogP contribution in [0.4, 0.5) is 0 Å². The van der Waals surface area contributed by atoms with Gasteiger partial charge >= 0.3 is 0 Å². The van der Waals surface area contributed by atoms with Crippen LogP contribution in [-0.2, 0) is 4.74 Å². The third-order valence-electron chi connectivity index (χ3n) is 2.95. The summed E-state index contributed by atoms with van der Waals surface area (Å²) in [7, 11) is 0. The minimum absolute atomic E-state index is 0.148. The second-order valence-electron chi connectivity index (χ2n) is 4.14. The Hall–Kier alpha value is -0.550. The van der Waals surface area contributed by atoms with E-state index in [0.717, 1.165) is 25.9 Å². The van der Waals surface area contributed by atoms with E-state index in [1.165, 1.54) is 25.7 Å². The Balaban J connectivity index is 2.33. The van der Waals surface area contributed by atoms with Crippen LogP contribution in [0.5, 0.6) is 0 Å².